The summed E-state index contributed by atoms with van der Waals surface area (Å²) in [6.07, 6.45) is 4.64. The molecule has 0 aliphatic carbocycles. The SMILES string of the molecule is Cc1noc(CSc2ccccc2C(=O)Nc2ccc3c(c2)nc2n3CCCCC2)n1. The first-order chi connectivity index (χ1) is 15.2. The summed E-state index contributed by atoms with van der Waals surface area (Å²) in [4.78, 5) is 22.9. The molecule has 158 valence electrons. The van der Waals surface area contributed by atoms with E-state index in [0.29, 0.717) is 23.0 Å². The Morgan fingerprint density at radius 3 is 2.94 bits per heavy atom. The van der Waals surface area contributed by atoms with Gasteiger partial charge in [-0.2, -0.15) is 4.98 Å². The van der Waals surface area contributed by atoms with Crippen LogP contribution in [0.5, 0.6) is 0 Å². The molecule has 1 aliphatic heterocycles. The summed E-state index contributed by atoms with van der Waals surface area (Å²) >= 11 is 1.50. The highest BCUT2D eigenvalue weighted by atomic mass is 32.2. The van der Waals surface area contributed by atoms with Gasteiger partial charge in [-0.1, -0.05) is 23.7 Å². The molecule has 0 unspecified atom stereocenters. The lowest BCUT2D eigenvalue weighted by molar-refractivity contribution is 0.102. The number of hydrogen-bond donors (Lipinski definition) is 1. The Kier molecular flexibility index (Phi) is 5.46. The summed E-state index contributed by atoms with van der Waals surface area (Å²) in [5.74, 6) is 2.66. The van der Waals surface area contributed by atoms with E-state index in [1.165, 1.54) is 31.0 Å². The van der Waals surface area contributed by atoms with Gasteiger partial charge in [-0.05, 0) is 50.1 Å². The van der Waals surface area contributed by atoms with Gasteiger partial charge < -0.3 is 14.4 Å². The highest BCUT2D eigenvalue weighted by molar-refractivity contribution is 7.98. The number of nitrogens with zero attached hydrogens (tertiary/aromatic N) is 4. The van der Waals surface area contributed by atoms with Crippen molar-refractivity contribution in [1.29, 1.82) is 0 Å². The maximum atomic E-state index is 13.0. The summed E-state index contributed by atoms with van der Waals surface area (Å²) in [5, 5.41) is 6.84. The Hall–Kier alpha value is -3.13. The van der Waals surface area contributed by atoms with Crippen molar-refractivity contribution in [2.45, 2.75) is 49.8 Å². The van der Waals surface area contributed by atoms with Crippen molar-refractivity contribution in [2.24, 2.45) is 0 Å². The fourth-order valence-electron chi connectivity index (χ4n) is 3.94. The Morgan fingerprint density at radius 1 is 1.16 bits per heavy atom. The monoisotopic (exact) mass is 433 g/mol. The van der Waals surface area contributed by atoms with Crippen LogP contribution in [-0.4, -0.2) is 25.6 Å². The number of rotatable bonds is 5. The Bertz CT molecular complexity index is 1250. The van der Waals surface area contributed by atoms with Crippen molar-refractivity contribution in [2.75, 3.05) is 5.32 Å². The molecule has 5 rings (SSSR count). The summed E-state index contributed by atoms with van der Waals surface area (Å²) in [7, 11) is 0. The van der Waals surface area contributed by atoms with Gasteiger partial charge in [-0.3, -0.25) is 4.79 Å². The number of anilines is 1. The molecule has 2 aromatic carbocycles. The van der Waals surface area contributed by atoms with Crippen LogP contribution in [0.4, 0.5) is 5.69 Å². The molecule has 1 N–H and O–H groups in total. The molecule has 7 nitrogen and oxygen atoms in total. The number of carbonyl (C=O) groups excluding carboxylic acids is 1. The number of aryl methyl sites for hydroxylation is 3. The second-order valence-electron chi connectivity index (χ2n) is 7.67. The maximum absolute atomic E-state index is 13.0. The van der Waals surface area contributed by atoms with Gasteiger partial charge in [0, 0.05) is 23.5 Å². The van der Waals surface area contributed by atoms with Crippen LogP contribution < -0.4 is 5.32 Å². The summed E-state index contributed by atoms with van der Waals surface area (Å²) in [6.45, 7) is 2.80. The molecule has 4 aromatic rings. The van der Waals surface area contributed by atoms with Crippen molar-refractivity contribution in [3.05, 3.63) is 65.6 Å². The third-order valence-electron chi connectivity index (χ3n) is 5.42. The third kappa shape index (κ3) is 4.20. The van der Waals surface area contributed by atoms with Crippen molar-refractivity contribution in [3.8, 4) is 0 Å². The maximum Gasteiger partial charge on any atom is 0.256 e. The van der Waals surface area contributed by atoms with Gasteiger partial charge in [0.05, 0.1) is 22.3 Å². The van der Waals surface area contributed by atoms with Gasteiger partial charge in [-0.25, -0.2) is 4.98 Å². The minimum absolute atomic E-state index is 0.148. The predicted octanol–water partition coefficient (Wildman–Crippen LogP) is 5.00. The molecule has 3 heterocycles. The van der Waals surface area contributed by atoms with Gasteiger partial charge >= 0.3 is 0 Å². The van der Waals surface area contributed by atoms with Crippen LogP contribution in [0.25, 0.3) is 11.0 Å². The minimum Gasteiger partial charge on any atom is -0.338 e. The van der Waals surface area contributed by atoms with Crippen molar-refractivity contribution >= 4 is 34.4 Å². The molecule has 1 amide bonds. The molecule has 1 aliphatic rings. The van der Waals surface area contributed by atoms with Crippen LogP contribution in [0.2, 0.25) is 0 Å². The van der Waals surface area contributed by atoms with Crippen molar-refractivity contribution < 1.29 is 9.32 Å². The molecular formula is C23H23N5O2S. The molecule has 8 heteroatoms. The molecule has 0 atom stereocenters. The average molecular weight is 434 g/mol. The first-order valence-electron chi connectivity index (χ1n) is 10.5. The van der Waals surface area contributed by atoms with Crippen LogP contribution >= 0.6 is 11.8 Å². The Labute approximate surface area is 184 Å². The zero-order valence-corrected chi connectivity index (χ0v) is 18.1. The molecule has 2 aromatic heterocycles. The van der Waals surface area contributed by atoms with Gasteiger partial charge in [0.25, 0.3) is 5.91 Å². The van der Waals surface area contributed by atoms with Crippen LogP contribution in [0.1, 0.15) is 47.2 Å². The van der Waals surface area contributed by atoms with Gasteiger partial charge in [0.15, 0.2) is 5.82 Å². The van der Waals surface area contributed by atoms with Crippen molar-refractivity contribution in [3.63, 3.8) is 0 Å². The van der Waals surface area contributed by atoms with Crippen LogP contribution in [0.3, 0.4) is 0 Å². The normalized spacial score (nSPS) is 13.7. The molecule has 0 saturated heterocycles. The second kappa shape index (κ2) is 8.55. The number of benzene rings is 2. The topological polar surface area (TPSA) is 85.8 Å². The summed E-state index contributed by atoms with van der Waals surface area (Å²) in [5.41, 5.74) is 3.44. The lowest BCUT2D eigenvalue weighted by Gasteiger charge is -2.10. The van der Waals surface area contributed by atoms with Gasteiger partial charge in [0.2, 0.25) is 5.89 Å². The smallest absolute Gasteiger partial charge is 0.256 e. The largest absolute Gasteiger partial charge is 0.338 e. The molecular weight excluding hydrogens is 410 g/mol. The highest BCUT2D eigenvalue weighted by Gasteiger charge is 2.16. The van der Waals surface area contributed by atoms with Crippen LogP contribution in [0, 0.1) is 6.92 Å². The van der Waals surface area contributed by atoms with Crippen LogP contribution in [-0.2, 0) is 18.7 Å². The van der Waals surface area contributed by atoms with Crippen molar-refractivity contribution in [1.82, 2.24) is 19.7 Å². The van der Waals surface area contributed by atoms with E-state index in [0.717, 1.165) is 40.4 Å². The van der Waals surface area contributed by atoms with E-state index in [9.17, 15) is 4.79 Å². The van der Waals surface area contributed by atoms with E-state index < -0.39 is 0 Å². The molecule has 0 fully saturated rings. The molecule has 0 saturated carbocycles. The first-order valence-corrected chi connectivity index (χ1v) is 11.5. The number of nitrogens with one attached hydrogen (secondary N) is 1. The highest BCUT2D eigenvalue weighted by Crippen LogP contribution is 2.28. The number of thioether (sulfide) groups is 1. The predicted molar refractivity (Wildman–Crippen MR) is 120 cm³/mol. The molecule has 0 bridgehead atoms. The number of carbonyl (C=O) groups is 1. The summed E-state index contributed by atoms with van der Waals surface area (Å²) in [6, 6.07) is 13.5. The molecule has 0 radical (unpaired) electrons. The second-order valence-corrected chi connectivity index (χ2v) is 8.69. The lowest BCUT2D eigenvalue weighted by atomic mass is 10.2. The first kappa shape index (κ1) is 19.8. The fraction of sp³-hybridized carbons (Fsp3) is 0.304. The Balaban J connectivity index is 1.34. The number of aromatic nitrogens is 4. The Morgan fingerprint density at radius 2 is 2.06 bits per heavy atom. The molecule has 31 heavy (non-hydrogen) atoms. The van der Waals surface area contributed by atoms with E-state index in [-0.39, 0.29) is 5.91 Å². The van der Waals surface area contributed by atoms with Crippen LogP contribution in [0.15, 0.2) is 51.9 Å². The minimum atomic E-state index is -0.148. The van der Waals surface area contributed by atoms with E-state index in [1.54, 1.807) is 6.92 Å². The zero-order valence-electron chi connectivity index (χ0n) is 17.3. The standard InChI is InChI=1S/C23H23N5O2S/c1-15-24-22(30-27-15)14-31-20-8-5-4-7-17(20)23(29)25-16-10-11-19-18(13-16)26-21-9-3-2-6-12-28(19)21/h4-5,7-8,10-11,13H,2-3,6,9,12,14H2,1H3,(H,25,29). The van der Waals surface area contributed by atoms with E-state index in [4.69, 9.17) is 9.51 Å². The fourth-order valence-corrected chi connectivity index (χ4v) is 4.83. The molecule has 0 spiro atoms. The van der Waals surface area contributed by atoms with Gasteiger partial charge in [-0.15, -0.1) is 11.8 Å². The third-order valence-corrected chi connectivity index (χ3v) is 6.48. The van der Waals surface area contributed by atoms with E-state index >= 15 is 0 Å². The van der Waals surface area contributed by atoms with E-state index in [2.05, 4.69) is 26.1 Å². The number of fused-ring (bicyclic) bond motifs is 3. The van der Waals surface area contributed by atoms with E-state index in [1.807, 2.05) is 36.4 Å². The summed E-state index contributed by atoms with van der Waals surface area (Å²) < 4.78 is 7.49. The lowest BCUT2D eigenvalue weighted by Crippen LogP contribution is -2.13. The zero-order chi connectivity index (χ0) is 21.2. The number of imidazole rings is 1. The van der Waals surface area contributed by atoms with Gasteiger partial charge in [0.1, 0.15) is 5.82 Å². The number of amides is 1. The average Bonchev–Trinajstić information content (AvgIpc) is 3.26. The quantitative estimate of drug-likeness (QED) is 0.446. The number of hydrogen-bond acceptors (Lipinski definition) is 6.